The number of aliphatic hydroxyl groups is 1. The highest BCUT2D eigenvalue weighted by molar-refractivity contribution is 5.27. The molecule has 0 aromatic carbocycles. The van der Waals surface area contributed by atoms with E-state index in [9.17, 15) is 5.11 Å². The first-order valence-corrected chi connectivity index (χ1v) is 6.01. The standard InChI is InChI=1S/C12H23N3O3/c1-14(2)6-7-15-12(10(16)5-8-17-3)11(18-4)9-13-15/h9-10,16H,5-8H2,1-4H3. The Bertz CT molecular complexity index is 352. The number of aliphatic hydroxyl groups excluding tert-OH is 1. The molecule has 0 aliphatic heterocycles. The molecule has 0 bridgehead atoms. The Morgan fingerprint density at radius 1 is 1.44 bits per heavy atom. The van der Waals surface area contributed by atoms with Crippen molar-refractivity contribution in [3.05, 3.63) is 11.9 Å². The van der Waals surface area contributed by atoms with Crippen molar-refractivity contribution in [3.63, 3.8) is 0 Å². The minimum absolute atomic E-state index is 0.503. The topological polar surface area (TPSA) is 59.8 Å². The average Bonchev–Trinajstić information content (AvgIpc) is 2.76. The van der Waals surface area contributed by atoms with Gasteiger partial charge in [-0.1, -0.05) is 0 Å². The van der Waals surface area contributed by atoms with Crippen molar-refractivity contribution in [1.82, 2.24) is 14.7 Å². The van der Waals surface area contributed by atoms with E-state index in [0.29, 0.717) is 18.8 Å². The molecule has 1 rings (SSSR count). The van der Waals surface area contributed by atoms with Gasteiger partial charge in [0.25, 0.3) is 0 Å². The molecule has 18 heavy (non-hydrogen) atoms. The van der Waals surface area contributed by atoms with Crippen LogP contribution in [0.15, 0.2) is 6.20 Å². The Kier molecular flexibility index (Phi) is 6.11. The summed E-state index contributed by atoms with van der Waals surface area (Å²) in [6.45, 7) is 2.08. The maximum atomic E-state index is 10.2. The van der Waals surface area contributed by atoms with Gasteiger partial charge in [0, 0.05) is 26.7 Å². The first kappa shape index (κ1) is 14.9. The normalized spacial score (nSPS) is 13.0. The smallest absolute Gasteiger partial charge is 0.162 e. The lowest BCUT2D eigenvalue weighted by molar-refractivity contribution is 0.102. The predicted octanol–water partition coefficient (Wildman–Crippen LogP) is 0.523. The highest BCUT2D eigenvalue weighted by Crippen LogP contribution is 2.26. The number of methoxy groups -OCH3 is 2. The minimum atomic E-state index is -0.621. The average molecular weight is 257 g/mol. The molecule has 1 atom stereocenters. The number of likely N-dealkylation sites (N-methyl/N-ethyl adjacent to an activating group) is 1. The highest BCUT2D eigenvalue weighted by Gasteiger charge is 2.19. The Hall–Kier alpha value is -1.11. The number of nitrogens with zero attached hydrogens (tertiary/aromatic N) is 3. The Morgan fingerprint density at radius 2 is 2.17 bits per heavy atom. The number of aromatic nitrogens is 2. The van der Waals surface area contributed by atoms with Crippen LogP contribution in [0.2, 0.25) is 0 Å². The van der Waals surface area contributed by atoms with Crippen LogP contribution in [-0.4, -0.2) is 61.3 Å². The molecular weight excluding hydrogens is 234 g/mol. The van der Waals surface area contributed by atoms with E-state index in [1.54, 1.807) is 25.1 Å². The van der Waals surface area contributed by atoms with Crippen molar-refractivity contribution < 1.29 is 14.6 Å². The Labute approximate surface area is 108 Å². The van der Waals surface area contributed by atoms with Crippen LogP contribution in [0.3, 0.4) is 0 Å². The van der Waals surface area contributed by atoms with Crippen molar-refractivity contribution in [2.75, 3.05) is 41.5 Å². The van der Waals surface area contributed by atoms with Crippen molar-refractivity contribution in [3.8, 4) is 5.75 Å². The third-order valence-corrected chi connectivity index (χ3v) is 2.73. The highest BCUT2D eigenvalue weighted by atomic mass is 16.5. The van der Waals surface area contributed by atoms with Gasteiger partial charge in [0.2, 0.25) is 0 Å². The molecule has 104 valence electrons. The van der Waals surface area contributed by atoms with Gasteiger partial charge in [0.1, 0.15) is 11.8 Å². The lowest BCUT2D eigenvalue weighted by Crippen LogP contribution is -2.21. The van der Waals surface area contributed by atoms with E-state index in [4.69, 9.17) is 9.47 Å². The van der Waals surface area contributed by atoms with Crippen LogP contribution in [0.25, 0.3) is 0 Å². The second kappa shape index (κ2) is 7.35. The molecule has 1 aromatic rings. The summed E-state index contributed by atoms with van der Waals surface area (Å²) in [5, 5.41) is 14.4. The fourth-order valence-corrected chi connectivity index (χ4v) is 1.71. The van der Waals surface area contributed by atoms with Crippen molar-refractivity contribution in [2.45, 2.75) is 19.1 Å². The molecule has 0 fully saturated rings. The monoisotopic (exact) mass is 257 g/mol. The lowest BCUT2D eigenvalue weighted by Gasteiger charge is -2.16. The molecule has 0 aliphatic carbocycles. The maximum Gasteiger partial charge on any atom is 0.162 e. The summed E-state index contributed by atoms with van der Waals surface area (Å²) >= 11 is 0. The van der Waals surface area contributed by atoms with Gasteiger partial charge >= 0.3 is 0 Å². The fourth-order valence-electron chi connectivity index (χ4n) is 1.71. The quantitative estimate of drug-likeness (QED) is 0.736. The van der Waals surface area contributed by atoms with E-state index in [2.05, 4.69) is 10.00 Å². The van der Waals surface area contributed by atoms with E-state index in [0.717, 1.165) is 18.8 Å². The second-order valence-electron chi connectivity index (χ2n) is 4.42. The zero-order valence-corrected chi connectivity index (χ0v) is 11.6. The molecule has 1 aromatic heterocycles. The Morgan fingerprint density at radius 3 is 2.72 bits per heavy atom. The first-order valence-electron chi connectivity index (χ1n) is 6.01. The molecule has 6 nitrogen and oxygen atoms in total. The molecule has 0 aliphatic rings. The molecule has 6 heteroatoms. The van der Waals surface area contributed by atoms with Crippen LogP contribution < -0.4 is 4.74 Å². The molecule has 0 saturated heterocycles. The Balaban J connectivity index is 2.80. The van der Waals surface area contributed by atoms with Gasteiger partial charge < -0.3 is 19.5 Å². The molecule has 0 spiro atoms. The van der Waals surface area contributed by atoms with E-state index in [-0.39, 0.29) is 0 Å². The number of hydrogen-bond donors (Lipinski definition) is 1. The predicted molar refractivity (Wildman–Crippen MR) is 68.8 cm³/mol. The fraction of sp³-hybridized carbons (Fsp3) is 0.750. The second-order valence-corrected chi connectivity index (χ2v) is 4.42. The van der Waals surface area contributed by atoms with E-state index < -0.39 is 6.10 Å². The van der Waals surface area contributed by atoms with Crippen LogP contribution in [0.1, 0.15) is 18.2 Å². The summed E-state index contributed by atoms with van der Waals surface area (Å²) in [5.41, 5.74) is 0.719. The first-order chi connectivity index (χ1) is 8.60. The number of rotatable bonds is 8. The van der Waals surface area contributed by atoms with Gasteiger partial charge in [0.15, 0.2) is 5.75 Å². The van der Waals surface area contributed by atoms with Crippen LogP contribution in [0, 0.1) is 0 Å². The van der Waals surface area contributed by atoms with Crippen LogP contribution in [0.4, 0.5) is 0 Å². The molecule has 0 amide bonds. The van der Waals surface area contributed by atoms with Gasteiger partial charge in [-0.05, 0) is 14.1 Å². The number of ether oxygens (including phenoxy) is 2. The molecule has 1 unspecified atom stereocenters. The molecule has 0 radical (unpaired) electrons. The molecule has 1 heterocycles. The van der Waals surface area contributed by atoms with Crippen LogP contribution in [-0.2, 0) is 11.3 Å². The van der Waals surface area contributed by atoms with Crippen LogP contribution in [0.5, 0.6) is 5.75 Å². The summed E-state index contributed by atoms with van der Waals surface area (Å²) in [6.07, 6.45) is 1.55. The number of hydrogen-bond acceptors (Lipinski definition) is 5. The molecule has 1 N–H and O–H groups in total. The van der Waals surface area contributed by atoms with Gasteiger partial charge in [-0.3, -0.25) is 4.68 Å². The van der Waals surface area contributed by atoms with Gasteiger partial charge in [-0.2, -0.15) is 5.10 Å². The van der Waals surface area contributed by atoms with Crippen molar-refractivity contribution >= 4 is 0 Å². The third kappa shape index (κ3) is 3.97. The zero-order valence-electron chi connectivity index (χ0n) is 11.6. The van der Waals surface area contributed by atoms with Gasteiger partial charge in [0.05, 0.1) is 19.9 Å². The lowest BCUT2D eigenvalue weighted by atomic mass is 10.2. The molecular formula is C12H23N3O3. The van der Waals surface area contributed by atoms with Gasteiger partial charge in [-0.15, -0.1) is 0 Å². The third-order valence-electron chi connectivity index (χ3n) is 2.73. The zero-order chi connectivity index (χ0) is 13.5. The maximum absolute atomic E-state index is 10.2. The SMILES string of the molecule is COCCC(O)c1c(OC)cnn1CCN(C)C. The summed E-state index contributed by atoms with van der Waals surface area (Å²) in [4.78, 5) is 2.07. The van der Waals surface area contributed by atoms with E-state index >= 15 is 0 Å². The molecule has 0 saturated carbocycles. The summed E-state index contributed by atoms with van der Waals surface area (Å²) in [6, 6.07) is 0. The van der Waals surface area contributed by atoms with Crippen molar-refractivity contribution in [2.24, 2.45) is 0 Å². The summed E-state index contributed by atoms with van der Waals surface area (Å²) in [5.74, 6) is 0.623. The van der Waals surface area contributed by atoms with Crippen molar-refractivity contribution in [1.29, 1.82) is 0 Å². The largest absolute Gasteiger partial charge is 0.493 e. The summed E-state index contributed by atoms with van der Waals surface area (Å²) < 4.78 is 12.0. The van der Waals surface area contributed by atoms with Gasteiger partial charge in [-0.25, -0.2) is 0 Å². The van der Waals surface area contributed by atoms with E-state index in [1.165, 1.54) is 0 Å². The van der Waals surface area contributed by atoms with E-state index in [1.807, 2.05) is 14.1 Å². The summed E-state index contributed by atoms with van der Waals surface area (Å²) in [7, 11) is 7.21. The van der Waals surface area contributed by atoms with Crippen LogP contribution >= 0.6 is 0 Å². The minimum Gasteiger partial charge on any atom is -0.493 e.